The van der Waals surface area contributed by atoms with Crippen molar-refractivity contribution >= 4 is 17.3 Å². The van der Waals surface area contributed by atoms with Crippen molar-refractivity contribution in [1.29, 1.82) is 0 Å². The molecule has 0 unspecified atom stereocenters. The highest BCUT2D eigenvalue weighted by molar-refractivity contribution is 6.03. The molecule has 3 aromatic rings. The van der Waals surface area contributed by atoms with Crippen molar-refractivity contribution in [2.24, 2.45) is 0 Å². The molecule has 0 spiro atoms. The zero-order valence-electron chi connectivity index (χ0n) is 13.9. The SMILES string of the molecule is O=C(Nc1cccc(F)c1)c1cc(NCCc2ccccc2F)ccn1. The number of carbonyl (C=O) groups is 1. The van der Waals surface area contributed by atoms with Gasteiger partial charge < -0.3 is 10.6 Å². The third kappa shape index (κ3) is 4.63. The Labute approximate surface area is 149 Å². The zero-order valence-corrected chi connectivity index (χ0v) is 13.9. The third-order valence-corrected chi connectivity index (χ3v) is 3.76. The molecule has 0 saturated carbocycles. The minimum atomic E-state index is -0.437. The van der Waals surface area contributed by atoms with E-state index in [4.69, 9.17) is 0 Å². The van der Waals surface area contributed by atoms with Gasteiger partial charge in [-0.25, -0.2) is 8.78 Å². The molecule has 2 aromatic carbocycles. The first-order chi connectivity index (χ1) is 12.6. The maximum atomic E-state index is 13.6. The Balaban J connectivity index is 1.60. The molecule has 0 atom stereocenters. The summed E-state index contributed by atoms with van der Waals surface area (Å²) in [6.07, 6.45) is 2.02. The van der Waals surface area contributed by atoms with E-state index in [1.54, 1.807) is 36.4 Å². The number of carbonyl (C=O) groups excluding carboxylic acids is 1. The van der Waals surface area contributed by atoms with Crippen molar-refractivity contribution < 1.29 is 13.6 Å². The molecule has 26 heavy (non-hydrogen) atoms. The molecular weight excluding hydrogens is 336 g/mol. The van der Waals surface area contributed by atoms with E-state index < -0.39 is 11.7 Å². The number of aromatic nitrogens is 1. The summed E-state index contributed by atoms with van der Waals surface area (Å²) in [5, 5.41) is 5.74. The van der Waals surface area contributed by atoms with Gasteiger partial charge in [-0.15, -0.1) is 0 Å². The Morgan fingerprint density at radius 1 is 0.962 bits per heavy atom. The van der Waals surface area contributed by atoms with E-state index in [-0.39, 0.29) is 11.5 Å². The molecule has 1 amide bonds. The lowest BCUT2D eigenvalue weighted by Gasteiger charge is -2.09. The van der Waals surface area contributed by atoms with Gasteiger partial charge in [0.2, 0.25) is 0 Å². The van der Waals surface area contributed by atoms with Crippen LogP contribution in [-0.4, -0.2) is 17.4 Å². The summed E-state index contributed by atoms with van der Waals surface area (Å²) < 4.78 is 26.8. The van der Waals surface area contributed by atoms with Crippen LogP contribution < -0.4 is 10.6 Å². The average Bonchev–Trinajstić information content (AvgIpc) is 2.64. The van der Waals surface area contributed by atoms with Crippen molar-refractivity contribution in [3.05, 3.63) is 89.8 Å². The van der Waals surface area contributed by atoms with E-state index >= 15 is 0 Å². The Hall–Kier alpha value is -3.28. The molecule has 0 aliphatic rings. The van der Waals surface area contributed by atoms with Gasteiger partial charge in [0, 0.05) is 24.1 Å². The van der Waals surface area contributed by atoms with Gasteiger partial charge in [-0.2, -0.15) is 0 Å². The predicted octanol–water partition coefficient (Wildman–Crippen LogP) is 4.27. The fourth-order valence-electron chi connectivity index (χ4n) is 2.47. The molecule has 0 radical (unpaired) electrons. The first kappa shape index (κ1) is 17.5. The van der Waals surface area contributed by atoms with Crippen LogP contribution in [0, 0.1) is 11.6 Å². The number of hydrogen-bond acceptors (Lipinski definition) is 3. The summed E-state index contributed by atoms with van der Waals surface area (Å²) >= 11 is 0. The van der Waals surface area contributed by atoms with Crippen molar-refractivity contribution in [3.63, 3.8) is 0 Å². The van der Waals surface area contributed by atoms with Crippen LogP contribution >= 0.6 is 0 Å². The highest BCUT2D eigenvalue weighted by Crippen LogP contribution is 2.13. The van der Waals surface area contributed by atoms with Gasteiger partial charge in [0.15, 0.2) is 0 Å². The first-order valence-electron chi connectivity index (χ1n) is 8.12. The first-order valence-corrected chi connectivity index (χ1v) is 8.12. The number of benzene rings is 2. The molecular formula is C20H17F2N3O. The topological polar surface area (TPSA) is 54.0 Å². The van der Waals surface area contributed by atoms with E-state index in [0.29, 0.717) is 29.9 Å². The van der Waals surface area contributed by atoms with Crippen LogP contribution in [0.1, 0.15) is 16.1 Å². The van der Waals surface area contributed by atoms with Crippen molar-refractivity contribution in [1.82, 2.24) is 4.98 Å². The molecule has 4 nitrogen and oxygen atoms in total. The van der Waals surface area contributed by atoms with Crippen LogP contribution in [0.15, 0.2) is 66.9 Å². The van der Waals surface area contributed by atoms with Crippen LogP contribution in [0.4, 0.5) is 20.2 Å². The molecule has 0 bridgehead atoms. The Bertz CT molecular complexity index is 915. The molecule has 0 fully saturated rings. The minimum Gasteiger partial charge on any atom is -0.385 e. The molecule has 0 aliphatic carbocycles. The second-order valence-electron chi connectivity index (χ2n) is 5.66. The number of nitrogens with one attached hydrogen (secondary N) is 2. The molecule has 6 heteroatoms. The lowest BCUT2D eigenvalue weighted by atomic mass is 10.1. The monoisotopic (exact) mass is 353 g/mol. The average molecular weight is 353 g/mol. The number of hydrogen-bond donors (Lipinski definition) is 2. The normalized spacial score (nSPS) is 10.4. The smallest absolute Gasteiger partial charge is 0.274 e. The molecule has 132 valence electrons. The fourth-order valence-corrected chi connectivity index (χ4v) is 2.47. The van der Waals surface area contributed by atoms with Crippen LogP contribution in [0.5, 0.6) is 0 Å². The number of amides is 1. The number of nitrogens with zero attached hydrogens (tertiary/aromatic N) is 1. The van der Waals surface area contributed by atoms with Crippen molar-refractivity contribution in [2.75, 3.05) is 17.2 Å². The minimum absolute atomic E-state index is 0.199. The van der Waals surface area contributed by atoms with Gasteiger partial charge in [-0.05, 0) is 48.4 Å². The fraction of sp³-hybridized carbons (Fsp3) is 0.100. The summed E-state index contributed by atoms with van der Waals surface area (Å²) in [7, 11) is 0. The summed E-state index contributed by atoms with van der Waals surface area (Å²) in [6, 6.07) is 15.6. The number of rotatable bonds is 6. The van der Waals surface area contributed by atoms with Crippen molar-refractivity contribution in [2.45, 2.75) is 6.42 Å². The lowest BCUT2D eigenvalue weighted by molar-refractivity contribution is 0.102. The second kappa shape index (κ2) is 8.20. The van der Waals surface area contributed by atoms with Gasteiger partial charge in [0.05, 0.1) is 0 Å². The Morgan fingerprint density at radius 2 is 1.81 bits per heavy atom. The van der Waals surface area contributed by atoms with E-state index in [1.165, 1.54) is 30.5 Å². The predicted molar refractivity (Wildman–Crippen MR) is 97.2 cm³/mol. The number of anilines is 2. The highest BCUT2D eigenvalue weighted by Gasteiger charge is 2.09. The second-order valence-corrected chi connectivity index (χ2v) is 5.66. The maximum absolute atomic E-state index is 13.6. The van der Waals surface area contributed by atoms with Gasteiger partial charge >= 0.3 is 0 Å². The van der Waals surface area contributed by atoms with Crippen LogP contribution in [0.2, 0.25) is 0 Å². The standard InChI is InChI=1S/C20H17F2N3O/c21-15-5-3-6-17(12-15)25-20(26)19-13-16(9-11-24-19)23-10-8-14-4-1-2-7-18(14)22/h1-7,9,11-13H,8,10H2,(H,23,24)(H,25,26). The van der Waals surface area contributed by atoms with Gasteiger partial charge in [-0.1, -0.05) is 24.3 Å². The van der Waals surface area contributed by atoms with Gasteiger partial charge in [-0.3, -0.25) is 9.78 Å². The maximum Gasteiger partial charge on any atom is 0.274 e. The summed E-state index contributed by atoms with van der Waals surface area (Å²) in [4.78, 5) is 16.3. The van der Waals surface area contributed by atoms with Gasteiger partial charge in [0.1, 0.15) is 17.3 Å². The van der Waals surface area contributed by atoms with Crippen molar-refractivity contribution in [3.8, 4) is 0 Å². The van der Waals surface area contributed by atoms with E-state index in [1.807, 2.05) is 0 Å². The summed E-state index contributed by atoms with van der Waals surface area (Å²) in [5.41, 5.74) is 1.87. The van der Waals surface area contributed by atoms with E-state index in [9.17, 15) is 13.6 Å². The summed E-state index contributed by atoms with van der Waals surface area (Å²) in [6.45, 7) is 0.510. The third-order valence-electron chi connectivity index (χ3n) is 3.76. The zero-order chi connectivity index (χ0) is 18.4. The molecule has 2 N–H and O–H groups in total. The molecule has 1 heterocycles. The molecule has 0 aliphatic heterocycles. The Morgan fingerprint density at radius 3 is 2.62 bits per heavy atom. The number of halogens is 2. The van der Waals surface area contributed by atoms with Crippen LogP contribution in [-0.2, 0) is 6.42 Å². The molecule has 3 rings (SSSR count). The quantitative estimate of drug-likeness (QED) is 0.696. The largest absolute Gasteiger partial charge is 0.385 e. The number of pyridine rings is 1. The molecule has 1 aromatic heterocycles. The summed E-state index contributed by atoms with van der Waals surface area (Å²) in [5.74, 6) is -1.10. The van der Waals surface area contributed by atoms with Crippen LogP contribution in [0.25, 0.3) is 0 Å². The van der Waals surface area contributed by atoms with Gasteiger partial charge in [0.25, 0.3) is 5.91 Å². The van der Waals surface area contributed by atoms with E-state index in [2.05, 4.69) is 15.6 Å². The van der Waals surface area contributed by atoms with Crippen LogP contribution in [0.3, 0.4) is 0 Å². The Kier molecular flexibility index (Phi) is 5.53. The highest BCUT2D eigenvalue weighted by atomic mass is 19.1. The molecule has 0 saturated heterocycles. The van der Waals surface area contributed by atoms with E-state index in [0.717, 1.165) is 0 Å². The lowest BCUT2D eigenvalue weighted by Crippen LogP contribution is -2.14.